The average Bonchev–Trinajstić information content (AvgIpc) is 3.86. The number of phenols is 3. The summed E-state index contributed by atoms with van der Waals surface area (Å²) in [7, 11) is 0. The molecule has 238 valence electrons. The van der Waals surface area contributed by atoms with Crippen molar-refractivity contribution < 1.29 is 54.3 Å². The Morgan fingerprint density at radius 3 is 0.820 bits per heavy atom. The molecule has 0 radical (unpaired) electrons. The number of hydrogen-bond donors (Lipinski definition) is 3. The molecule has 0 fully saturated rings. The molecule has 3 heterocycles. The van der Waals surface area contributed by atoms with Gasteiger partial charge in [0, 0.05) is 39.0 Å². The number of phenolic OH excluding ortho intramolecular Hbond substituents is 3. The Hall–Kier alpha value is -4.36. The molecule has 0 aliphatic rings. The van der Waals surface area contributed by atoms with Crippen LogP contribution in [-0.4, -0.2) is 30.3 Å². The van der Waals surface area contributed by atoms with Gasteiger partial charge >= 0.3 is 0 Å². The van der Waals surface area contributed by atoms with Crippen LogP contribution >= 0.6 is 34.0 Å². The minimum atomic E-state index is 0. The van der Waals surface area contributed by atoms with Gasteiger partial charge in [-0.3, -0.25) is 0 Å². The van der Waals surface area contributed by atoms with Crippen molar-refractivity contribution in [2.45, 2.75) is 0 Å². The van der Waals surface area contributed by atoms with E-state index >= 15 is 0 Å². The fourth-order valence-corrected chi connectivity index (χ4v) is 7.92. The molecule has 3 aromatic heterocycles. The van der Waals surface area contributed by atoms with E-state index in [4.69, 9.17) is 0 Å². The summed E-state index contributed by atoms with van der Waals surface area (Å²) >= 11 is 4.78. The van der Waals surface area contributed by atoms with Crippen LogP contribution in [0.1, 0.15) is 0 Å². The molecule has 0 aliphatic heterocycles. The van der Waals surface area contributed by atoms with E-state index < -0.39 is 0 Å². The summed E-state index contributed by atoms with van der Waals surface area (Å²) in [6, 6.07) is 45.8. The fraction of sp³-hybridized carbons (Fsp3) is 0. The first-order valence-corrected chi connectivity index (χ1v) is 17.4. The topological polar surface area (TPSA) is 99.4 Å². The second-order valence-electron chi connectivity index (χ2n) is 10.5. The Bertz CT molecular complexity index is 2120. The molecule has 0 unspecified atom stereocenters. The van der Waals surface area contributed by atoms with E-state index in [1.807, 2.05) is 127 Å². The second-order valence-corrected chi connectivity index (χ2v) is 13.6. The summed E-state index contributed by atoms with van der Waals surface area (Å²) in [5.41, 5.74) is 5.32. The van der Waals surface area contributed by atoms with Gasteiger partial charge in [0.25, 0.3) is 0 Å². The first-order chi connectivity index (χ1) is 23.5. The first-order valence-electron chi connectivity index (χ1n) is 15.0. The van der Waals surface area contributed by atoms with Gasteiger partial charge in [-0.25, -0.2) is 15.0 Å². The van der Waals surface area contributed by atoms with Crippen molar-refractivity contribution in [3.63, 3.8) is 0 Å². The number of nitrogens with zero attached hydrogens (tertiary/aromatic N) is 3. The van der Waals surface area contributed by atoms with Crippen LogP contribution in [0, 0.1) is 0 Å². The van der Waals surface area contributed by atoms with E-state index in [2.05, 4.69) is 15.0 Å². The molecule has 9 rings (SSSR count). The van der Waals surface area contributed by atoms with E-state index in [0.29, 0.717) is 0 Å². The van der Waals surface area contributed by atoms with Crippen molar-refractivity contribution in [2.75, 3.05) is 0 Å². The average molecular weight is 813 g/mol. The third kappa shape index (κ3) is 8.32. The number of fused-ring (bicyclic) bond motifs is 3. The zero-order valence-electron chi connectivity index (χ0n) is 26.7. The van der Waals surface area contributed by atoms with E-state index in [9.17, 15) is 15.3 Å². The molecular weight excluding hydrogens is 785 g/mol. The van der Waals surface area contributed by atoms with E-state index in [1.165, 1.54) is 0 Å². The number of hydrogen-bond acceptors (Lipinski definition) is 9. The molecule has 0 saturated heterocycles. The maximum absolute atomic E-state index is 9.76. The van der Waals surface area contributed by atoms with Crippen molar-refractivity contribution in [3.8, 4) is 49.0 Å². The monoisotopic (exact) mass is 809 g/mol. The summed E-state index contributed by atoms with van der Waals surface area (Å²) in [5, 5.41) is 31.8. The van der Waals surface area contributed by atoms with Crippen LogP contribution in [0.25, 0.3) is 62.4 Å². The summed E-state index contributed by atoms with van der Waals surface area (Å²) in [6.45, 7) is 0. The number of thiazole rings is 3. The smallest absolute Gasteiger partial charge is 0.128 e. The maximum atomic E-state index is 9.76. The Balaban J connectivity index is 0.000000143. The van der Waals surface area contributed by atoms with Crippen LogP contribution in [0.2, 0.25) is 0 Å². The molecule has 11 heteroatoms. The molecular formula is C39H27N3O3S3Zn2. The fourth-order valence-electron chi connectivity index (χ4n) is 4.93. The zero-order valence-corrected chi connectivity index (χ0v) is 35.1. The summed E-state index contributed by atoms with van der Waals surface area (Å²) in [5.74, 6) is 0.838. The molecule has 0 bridgehead atoms. The summed E-state index contributed by atoms with van der Waals surface area (Å²) in [4.78, 5) is 13.5. The van der Waals surface area contributed by atoms with Crippen molar-refractivity contribution in [1.82, 2.24) is 15.0 Å². The molecule has 6 nitrogen and oxygen atoms in total. The summed E-state index contributed by atoms with van der Waals surface area (Å²) < 4.78 is 3.42. The third-order valence-corrected chi connectivity index (χ3v) is 10.5. The molecule has 0 saturated carbocycles. The number of para-hydroxylation sites is 6. The van der Waals surface area contributed by atoms with Gasteiger partial charge in [-0.15, -0.1) is 34.0 Å². The Kier molecular flexibility index (Phi) is 12.6. The maximum Gasteiger partial charge on any atom is 0.128 e. The van der Waals surface area contributed by atoms with Gasteiger partial charge in [-0.05, 0) is 72.8 Å². The third-order valence-electron chi connectivity index (χ3n) is 7.29. The molecule has 0 spiro atoms. The number of rotatable bonds is 3. The minimum Gasteiger partial charge on any atom is -0.507 e. The standard InChI is InChI=1S/3C13H9NOS.2Zn/c3*15-11-7-3-1-5-9(11)13-14-10-6-2-4-8-12(10)16-13;;/h3*1-8,15H;;. The van der Waals surface area contributed by atoms with Crippen molar-refractivity contribution in [2.24, 2.45) is 0 Å². The van der Waals surface area contributed by atoms with E-state index in [-0.39, 0.29) is 56.2 Å². The van der Waals surface area contributed by atoms with Crippen LogP contribution < -0.4 is 0 Å². The van der Waals surface area contributed by atoms with Crippen molar-refractivity contribution in [1.29, 1.82) is 0 Å². The molecule has 0 amide bonds. The predicted molar refractivity (Wildman–Crippen MR) is 200 cm³/mol. The normalized spacial score (nSPS) is 10.3. The largest absolute Gasteiger partial charge is 0.507 e. The Labute approximate surface area is 326 Å². The van der Waals surface area contributed by atoms with Crippen LogP contribution in [0.3, 0.4) is 0 Å². The Morgan fingerprint density at radius 2 is 0.560 bits per heavy atom. The van der Waals surface area contributed by atoms with Crippen LogP contribution in [0.15, 0.2) is 146 Å². The molecule has 3 N–H and O–H groups in total. The van der Waals surface area contributed by atoms with E-state index in [0.717, 1.165) is 62.4 Å². The minimum absolute atomic E-state index is 0. The zero-order chi connectivity index (χ0) is 32.9. The molecule has 0 aliphatic carbocycles. The second kappa shape index (κ2) is 17.0. The first kappa shape index (κ1) is 36.9. The van der Waals surface area contributed by atoms with Crippen LogP contribution in [0.4, 0.5) is 0 Å². The van der Waals surface area contributed by atoms with Gasteiger partial charge in [0.2, 0.25) is 0 Å². The predicted octanol–water partition coefficient (Wildman–Crippen LogP) is 11.0. The Morgan fingerprint density at radius 1 is 0.320 bits per heavy atom. The summed E-state index contributed by atoms with van der Waals surface area (Å²) in [6.07, 6.45) is 0. The van der Waals surface area contributed by atoms with Crippen LogP contribution in [0.5, 0.6) is 17.2 Å². The molecule has 0 atom stereocenters. The number of aromatic nitrogens is 3. The van der Waals surface area contributed by atoms with Gasteiger partial charge < -0.3 is 15.3 Å². The molecule has 50 heavy (non-hydrogen) atoms. The number of benzene rings is 6. The van der Waals surface area contributed by atoms with Crippen molar-refractivity contribution >= 4 is 64.7 Å². The van der Waals surface area contributed by atoms with E-state index in [1.54, 1.807) is 52.2 Å². The van der Waals surface area contributed by atoms with Gasteiger partial charge in [0.1, 0.15) is 32.3 Å². The van der Waals surface area contributed by atoms with Gasteiger partial charge in [-0.2, -0.15) is 0 Å². The molecule has 6 aromatic carbocycles. The van der Waals surface area contributed by atoms with Crippen LogP contribution in [-0.2, 0) is 39.0 Å². The van der Waals surface area contributed by atoms with Gasteiger partial charge in [0.05, 0.1) is 47.3 Å². The van der Waals surface area contributed by atoms with Gasteiger partial charge in [0.15, 0.2) is 0 Å². The SMILES string of the molecule is Oc1ccccc1-c1nc2ccccc2s1.Oc1ccccc1-c1nc2ccccc2s1.Oc1ccccc1-c1nc2ccccc2s1.[Zn].[Zn]. The number of aromatic hydroxyl groups is 3. The quantitative estimate of drug-likeness (QED) is 0.154. The van der Waals surface area contributed by atoms with Gasteiger partial charge in [-0.1, -0.05) is 72.8 Å². The molecule has 9 aromatic rings. The van der Waals surface area contributed by atoms with Crippen molar-refractivity contribution in [3.05, 3.63) is 146 Å².